The highest BCUT2D eigenvalue weighted by Gasteiger charge is 2.37. The van der Waals surface area contributed by atoms with Crippen molar-refractivity contribution in [3.05, 3.63) is 0 Å². The topological polar surface area (TPSA) is 26.3 Å². The van der Waals surface area contributed by atoms with E-state index in [1.165, 1.54) is 57.8 Å². The van der Waals surface area contributed by atoms with Gasteiger partial charge in [-0.25, -0.2) is 0 Å². The van der Waals surface area contributed by atoms with Crippen molar-refractivity contribution in [1.82, 2.24) is 0 Å². The number of ether oxygens (including phenoxy) is 1. The van der Waals surface area contributed by atoms with Gasteiger partial charge in [-0.05, 0) is 62.2 Å². The first-order valence-corrected chi connectivity index (χ1v) is 10.3. The van der Waals surface area contributed by atoms with Crippen LogP contribution in [0.3, 0.4) is 0 Å². The molecule has 2 aliphatic carbocycles. The average molecular weight is 321 g/mol. The molecule has 0 aromatic carbocycles. The lowest BCUT2D eigenvalue weighted by atomic mass is 9.73. The van der Waals surface area contributed by atoms with Crippen molar-refractivity contribution in [2.75, 3.05) is 0 Å². The molecule has 1 saturated heterocycles. The molecule has 3 aliphatic rings. The third-order valence-electron chi connectivity index (χ3n) is 7.05. The van der Waals surface area contributed by atoms with Crippen molar-refractivity contribution in [2.24, 2.45) is 29.6 Å². The molecule has 132 valence electrons. The lowest BCUT2D eigenvalue weighted by molar-refractivity contribution is -0.164. The highest BCUT2D eigenvalue weighted by molar-refractivity contribution is 5.73. The first-order chi connectivity index (χ1) is 11.1. The maximum Gasteiger partial charge on any atom is 0.309 e. The molecule has 0 radical (unpaired) electrons. The third-order valence-corrected chi connectivity index (χ3v) is 7.05. The van der Waals surface area contributed by atoms with E-state index in [1.54, 1.807) is 0 Å². The SMILES string of the molecule is CC1CCC(CCC2CCC(C3CCC(C)CC3)C(=O)O2)CC1. The summed E-state index contributed by atoms with van der Waals surface area (Å²) in [7, 11) is 0. The maximum absolute atomic E-state index is 12.5. The Balaban J connectivity index is 1.39. The van der Waals surface area contributed by atoms with E-state index in [1.807, 2.05) is 0 Å². The van der Waals surface area contributed by atoms with Crippen molar-refractivity contribution in [1.29, 1.82) is 0 Å². The fourth-order valence-electron chi connectivity index (χ4n) is 5.15. The van der Waals surface area contributed by atoms with Gasteiger partial charge in [0.2, 0.25) is 0 Å². The number of esters is 1. The van der Waals surface area contributed by atoms with Crippen LogP contribution in [0.1, 0.15) is 90.9 Å². The summed E-state index contributed by atoms with van der Waals surface area (Å²) < 4.78 is 5.85. The zero-order valence-electron chi connectivity index (χ0n) is 15.3. The smallest absolute Gasteiger partial charge is 0.309 e. The number of hydrogen-bond acceptors (Lipinski definition) is 2. The first-order valence-electron chi connectivity index (χ1n) is 10.3. The Morgan fingerprint density at radius 3 is 2.00 bits per heavy atom. The van der Waals surface area contributed by atoms with E-state index in [-0.39, 0.29) is 18.0 Å². The van der Waals surface area contributed by atoms with Gasteiger partial charge in [-0.2, -0.15) is 0 Å². The Morgan fingerprint density at radius 1 is 0.783 bits per heavy atom. The summed E-state index contributed by atoms with van der Waals surface area (Å²) in [6.07, 6.45) is 15.5. The molecule has 2 unspecified atom stereocenters. The van der Waals surface area contributed by atoms with E-state index in [4.69, 9.17) is 4.74 Å². The molecular formula is C21H36O2. The van der Waals surface area contributed by atoms with E-state index in [0.717, 1.165) is 37.0 Å². The van der Waals surface area contributed by atoms with Crippen molar-refractivity contribution in [3.63, 3.8) is 0 Å². The van der Waals surface area contributed by atoms with Crippen LogP contribution >= 0.6 is 0 Å². The summed E-state index contributed by atoms with van der Waals surface area (Å²) >= 11 is 0. The molecule has 0 amide bonds. The maximum atomic E-state index is 12.5. The molecule has 0 aromatic heterocycles. The molecule has 1 heterocycles. The van der Waals surface area contributed by atoms with E-state index in [9.17, 15) is 4.79 Å². The van der Waals surface area contributed by atoms with Crippen LogP contribution in [-0.4, -0.2) is 12.1 Å². The molecule has 2 saturated carbocycles. The Morgan fingerprint density at radius 2 is 1.39 bits per heavy atom. The number of hydrogen-bond donors (Lipinski definition) is 0. The predicted molar refractivity (Wildman–Crippen MR) is 94.1 cm³/mol. The van der Waals surface area contributed by atoms with Crippen molar-refractivity contribution in [3.8, 4) is 0 Å². The molecule has 3 rings (SSSR count). The van der Waals surface area contributed by atoms with Crippen LogP contribution in [-0.2, 0) is 9.53 Å². The standard InChI is InChI=1S/C21H36O2/c1-15-3-7-17(8-4-15)9-12-19-13-14-20(21(22)23-19)18-10-5-16(2)6-11-18/h15-20H,3-14H2,1-2H3. The first kappa shape index (κ1) is 17.3. The second-order valence-corrected chi connectivity index (χ2v) is 8.97. The molecule has 0 spiro atoms. The fourth-order valence-corrected chi connectivity index (χ4v) is 5.15. The van der Waals surface area contributed by atoms with E-state index < -0.39 is 0 Å². The van der Waals surface area contributed by atoms with Gasteiger partial charge in [0.05, 0.1) is 5.92 Å². The minimum absolute atomic E-state index is 0.137. The highest BCUT2D eigenvalue weighted by Crippen LogP contribution is 2.39. The predicted octanol–water partition coefficient (Wildman–Crippen LogP) is 5.74. The number of cyclic esters (lactones) is 1. The minimum Gasteiger partial charge on any atom is -0.462 e. The van der Waals surface area contributed by atoms with E-state index in [0.29, 0.717) is 5.92 Å². The fraction of sp³-hybridized carbons (Fsp3) is 0.952. The van der Waals surface area contributed by atoms with Crippen LogP contribution in [0, 0.1) is 29.6 Å². The van der Waals surface area contributed by atoms with Crippen LogP contribution < -0.4 is 0 Å². The molecule has 0 bridgehead atoms. The zero-order valence-corrected chi connectivity index (χ0v) is 15.3. The molecule has 23 heavy (non-hydrogen) atoms. The summed E-state index contributed by atoms with van der Waals surface area (Å²) in [6.45, 7) is 4.72. The molecular weight excluding hydrogens is 284 g/mol. The van der Waals surface area contributed by atoms with Gasteiger partial charge >= 0.3 is 5.97 Å². The van der Waals surface area contributed by atoms with Crippen molar-refractivity contribution in [2.45, 2.75) is 97.0 Å². The van der Waals surface area contributed by atoms with Gasteiger partial charge in [-0.3, -0.25) is 4.79 Å². The summed E-state index contributed by atoms with van der Waals surface area (Å²) in [6, 6.07) is 0. The van der Waals surface area contributed by atoms with Crippen LogP contribution in [0.5, 0.6) is 0 Å². The monoisotopic (exact) mass is 320 g/mol. The van der Waals surface area contributed by atoms with Gasteiger partial charge < -0.3 is 4.74 Å². The van der Waals surface area contributed by atoms with E-state index >= 15 is 0 Å². The number of carbonyl (C=O) groups excluding carboxylic acids is 1. The van der Waals surface area contributed by atoms with Gasteiger partial charge in [0, 0.05) is 0 Å². The Hall–Kier alpha value is -0.530. The third kappa shape index (κ3) is 4.73. The molecule has 2 atom stereocenters. The van der Waals surface area contributed by atoms with Gasteiger partial charge in [-0.1, -0.05) is 52.4 Å². The van der Waals surface area contributed by atoms with Crippen LogP contribution in [0.2, 0.25) is 0 Å². The number of carbonyl (C=O) groups is 1. The summed E-state index contributed by atoms with van der Waals surface area (Å²) in [5.41, 5.74) is 0. The van der Waals surface area contributed by atoms with Crippen molar-refractivity contribution < 1.29 is 9.53 Å². The van der Waals surface area contributed by atoms with Crippen molar-refractivity contribution >= 4 is 5.97 Å². The molecule has 0 N–H and O–H groups in total. The lowest BCUT2D eigenvalue weighted by Gasteiger charge is -2.36. The zero-order chi connectivity index (χ0) is 16.2. The van der Waals surface area contributed by atoms with Gasteiger partial charge in [-0.15, -0.1) is 0 Å². The highest BCUT2D eigenvalue weighted by atomic mass is 16.5. The minimum atomic E-state index is 0.137. The van der Waals surface area contributed by atoms with E-state index in [2.05, 4.69) is 13.8 Å². The molecule has 2 heteroatoms. The molecule has 0 aromatic rings. The lowest BCUT2D eigenvalue weighted by Crippen LogP contribution is -2.36. The average Bonchev–Trinajstić information content (AvgIpc) is 2.55. The summed E-state index contributed by atoms with van der Waals surface area (Å²) in [4.78, 5) is 12.5. The Bertz CT molecular complexity index is 375. The molecule has 3 fully saturated rings. The Kier molecular flexibility index (Phi) is 6.04. The van der Waals surface area contributed by atoms with Gasteiger partial charge in [0.25, 0.3) is 0 Å². The van der Waals surface area contributed by atoms with Crippen LogP contribution in [0.15, 0.2) is 0 Å². The summed E-state index contributed by atoms with van der Waals surface area (Å²) in [5, 5.41) is 0. The van der Waals surface area contributed by atoms with Crippen LogP contribution in [0.25, 0.3) is 0 Å². The number of rotatable bonds is 4. The van der Waals surface area contributed by atoms with Gasteiger partial charge in [0.15, 0.2) is 0 Å². The second kappa shape index (κ2) is 8.03. The molecule has 2 nitrogen and oxygen atoms in total. The Labute approximate surface area is 142 Å². The molecule has 1 aliphatic heterocycles. The normalized spacial score (nSPS) is 42.3. The quantitative estimate of drug-likeness (QED) is 0.617. The summed E-state index contributed by atoms with van der Waals surface area (Å²) in [5.74, 6) is 3.64. The largest absolute Gasteiger partial charge is 0.462 e. The van der Waals surface area contributed by atoms with Crippen LogP contribution in [0.4, 0.5) is 0 Å². The van der Waals surface area contributed by atoms with Gasteiger partial charge in [0.1, 0.15) is 6.10 Å². The second-order valence-electron chi connectivity index (χ2n) is 8.97.